The second-order valence-electron chi connectivity index (χ2n) is 15.8. The smallest absolute Gasteiger partial charge is 0.472 e. The molecule has 2 aromatic heterocycles. The molecule has 2 fully saturated rings. The van der Waals surface area contributed by atoms with Crippen molar-refractivity contribution in [3.63, 3.8) is 0 Å². The van der Waals surface area contributed by atoms with Crippen LogP contribution in [-0.4, -0.2) is 88.6 Å². The molecule has 6 rings (SSSR count). The number of nitrogens with one attached hydrogen (secondary N) is 2. The van der Waals surface area contributed by atoms with Crippen molar-refractivity contribution in [1.82, 2.24) is 14.9 Å². The lowest BCUT2D eigenvalue weighted by atomic mass is 9.92. The van der Waals surface area contributed by atoms with E-state index in [0.29, 0.717) is 18.9 Å². The van der Waals surface area contributed by atoms with Gasteiger partial charge in [0.1, 0.15) is 28.8 Å². The second-order valence-corrected chi connectivity index (χ2v) is 15.8. The summed E-state index contributed by atoms with van der Waals surface area (Å²) < 4.78 is 101. The van der Waals surface area contributed by atoms with E-state index in [-0.39, 0.29) is 41.2 Å². The van der Waals surface area contributed by atoms with E-state index in [4.69, 9.17) is 18.9 Å². The number of piperazine rings is 1. The molecule has 2 bridgehead atoms. The molecule has 1 aromatic carbocycles. The molecule has 4 atom stereocenters. The predicted octanol–water partition coefficient (Wildman–Crippen LogP) is 7.18. The van der Waals surface area contributed by atoms with Crippen molar-refractivity contribution >= 4 is 34.5 Å². The first kappa shape index (κ1) is 38.8. The number of hydrogen-bond donors (Lipinski definition) is 2. The van der Waals surface area contributed by atoms with Crippen LogP contribution >= 0.6 is 0 Å². The number of fused-ring (bicyclic) bond motifs is 5. The molecule has 0 saturated carbocycles. The van der Waals surface area contributed by atoms with Crippen LogP contribution < -0.4 is 25.2 Å². The van der Waals surface area contributed by atoms with Crippen molar-refractivity contribution in [3.05, 3.63) is 39.7 Å². The fourth-order valence-corrected chi connectivity index (χ4v) is 7.72. The molecule has 13 nitrogen and oxygen atoms in total. The number of nitrogens with zero attached hydrogens (tertiary/aromatic N) is 3. The maximum Gasteiger partial charge on any atom is 0.573 e. The van der Waals surface area contributed by atoms with Gasteiger partial charge in [0.2, 0.25) is 5.88 Å². The van der Waals surface area contributed by atoms with Crippen LogP contribution in [0.4, 0.5) is 43.0 Å². The molecule has 2 N–H and O–H groups in total. The fourth-order valence-electron chi connectivity index (χ4n) is 7.72. The molecule has 0 radical (unpaired) electrons. The quantitative estimate of drug-likeness (QED) is 0.256. The molecule has 3 aliphatic rings. The Balaban J connectivity index is 1.56. The van der Waals surface area contributed by atoms with Crippen molar-refractivity contribution in [2.75, 3.05) is 30.5 Å². The Morgan fingerprint density at radius 1 is 1.07 bits per heavy atom. The van der Waals surface area contributed by atoms with Gasteiger partial charge in [0.05, 0.1) is 35.2 Å². The fraction of sp³-hybridized carbons (Fsp3) is 0.556. The Bertz CT molecular complexity index is 2080. The topological polar surface area (TPSA) is 145 Å². The molecule has 2 amide bonds. The van der Waals surface area contributed by atoms with E-state index >= 15 is 8.78 Å². The van der Waals surface area contributed by atoms with E-state index in [2.05, 4.69) is 20.0 Å². The van der Waals surface area contributed by atoms with E-state index in [1.165, 1.54) is 14.0 Å². The van der Waals surface area contributed by atoms with Gasteiger partial charge in [-0.05, 0) is 74.3 Å². The van der Waals surface area contributed by atoms with Crippen LogP contribution in [0.3, 0.4) is 0 Å². The average molecular weight is 768 g/mol. The minimum Gasteiger partial charge on any atom is -0.472 e. The lowest BCUT2D eigenvalue weighted by molar-refractivity contribution is -0.275. The second kappa shape index (κ2) is 13.2. The van der Waals surface area contributed by atoms with Crippen LogP contribution in [0.1, 0.15) is 66.9 Å². The first-order valence-electron chi connectivity index (χ1n) is 17.2. The Labute approximate surface area is 307 Å². The standard InChI is InChI=1S/C36H42F5N5O8/c1-16-22-23-28(44-29(16)47)45-14-35(15-50-9)11-10-21(46(35)32(49)54-34(6,7)8)26(45)17(2)51-30(23)43-25(24(22)38)19-12-18(42-31(48)53-33(3,4)5)13-20(37)27(19)52-36(39,40)41/h12-13,17,21,26H,10-11,14-15H2,1-9H3,(H,42,48)(H,44,47)/t17-,21-,26+,35+/m0/s1. The maximum absolute atomic E-state index is 17.1. The Morgan fingerprint density at radius 2 is 1.74 bits per heavy atom. The summed E-state index contributed by atoms with van der Waals surface area (Å²) in [5, 5.41) is 1.89. The zero-order valence-electron chi connectivity index (χ0n) is 31.2. The number of H-pyrrole nitrogens is 1. The Hall–Kier alpha value is -4.87. The summed E-state index contributed by atoms with van der Waals surface area (Å²) in [6.45, 7) is 13.1. The number of methoxy groups -OCH3 is 1. The number of aromatic amines is 1. The Kier molecular flexibility index (Phi) is 9.47. The molecular weight excluding hydrogens is 725 g/mol. The number of amides is 2. The van der Waals surface area contributed by atoms with Crippen LogP contribution in [0.25, 0.3) is 22.0 Å². The number of hydrogen-bond acceptors (Lipinski definition) is 10. The van der Waals surface area contributed by atoms with Crippen LogP contribution in [0.5, 0.6) is 11.6 Å². The van der Waals surface area contributed by atoms with Gasteiger partial charge >= 0.3 is 18.5 Å². The highest BCUT2D eigenvalue weighted by Crippen LogP contribution is 2.50. The highest BCUT2D eigenvalue weighted by molar-refractivity contribution is 6.01. The third kappa shape index (κ3) is 7.07. The highest BCUT2D eigenvalue weighted by Gasteiger charge is 2.61. The monoisotopic (exact) mass is 767 g/mol. The summed E-state index contributed by atoms with van der Waals surface area (Å²) in [7, 11) is 1.50. The Morgan fingerprint density at radius 3 is 2.35 bits per heavy atom. The minimum atomic E-state index is -5.43. The summed E-state index contributed by atoms with van der Waals surface area (Å²) in [4.78, 5) is 50.6. The normalized spacial score (nSPS) is 22.4. The SMILES string of the molecule is COC[C@@]12CC[C@@H]([C@H]3[C@H](C)Oc4nc(-c5cc(NC(=O)OC(C)(C)C)cc(F)c5OC(F)(F)F)c(F)c5c(C)c(=O)[nH]c(c45)N3C1)N2C(=O)OC(C)(C)C. The van der Waals surface area contributed by atoms with E-state index in [1.54, 1.807) is 53.4 Å². The van der Waals surface area contributed by atoms with Gasteiger partial charge in [-0.1, -0.05) is 0 Å². The zero-order chi connectivity index (χ0) is 39.9. The largest absolute Gasteiger partial charge is 0.573 e. The number of aryl methyl sites for hydroxylation is 1. The van der Waals surface area contributed by atoms with E-state index < -0.39 is 93.4 Å². The minimum absolute atomic E-state index is 0.00202. The molecular formula is C36H42F5N5O8. The summed E-state index contributed by atoms with van der Waals surface area (Å²) in [5.41, 5.74) is -5.77. The van der Waals surface area contributed by atoms with Gasteiger partial charge in [-0.2, -0.15) is 0 Å². The third-order valence-corrected chi connectivity index (χ3v) is 9.49. The number of benzene rings is 1. The number of carbonyl (C=O) groups excluding carboxylic acids is 2. The molecule has 0 aliphatic carbocycles. The number of aromatic nitrogens is 2. The summed E-state index contributed by atoms with van der Waals surface area (Å²) >= 11 is 0. The van der Waals surface area contributed by atoms with Crippen molar-refractivity contribution in [2.45, 2.75) is 110 Å². The third-order valence-electron chi connectivity index (χ3n) is 9.49. The van der Waals surface area contributed by atoms with Crippen LogP contribution in [0.15, 0.2) is 16.9 Å². The van der Waals surface area contributed by atoms with Crippen LogP contribution in [0.2, 0.25) is 0 Å². The molecule has 54 heavy (non-hydrogen) atoms. The van der Waals surface area contributed by atoms with Gasteiger partial charge in [0.15, 0.2) is 17.4 Å². The van der Waals surface area contributed by atoms with Gasteiger partial charge in [-0.3, -0.25) is 15.0 Å². The number of ether oxygens (including phenoxy) is 5. The number of anilines is 2. The average Bonchev–Trinajstić information content (AvgIpc) is 3.21. The first-order chi connectivity index (χ1) is 24.9. The molecule has 0 unspecified atom stereocenters. The first-order valence-corrected chi connectivity index (χ1v) is 17.2. The molecule has 3 aliphatic heterocycles. The number of halogens is 5. The van der Waals surface area contributed by atoms with E-state index in [1.807, 2.05) is 4.90 Å². The number of rotatable bonds is 5. The predicted molar refractivity (Wildman–Crippen MR) is 186 cm³/mol. The van der Waals surface area contributed by atoms with Crippen molar-refractivity contribution in [1.29, 1.82) is 0 Å². The zero-order valence-corrected chi connectivity index (χ0v) is 31.2. The molecule has 5 heterocycles. The molecule has 2 saturated heterocycles. The van der Waals surface area contributed by atoms with Gasteiger partial charge in [-0.25, -0.2) is 23.4 Å². The molecule has 0 spiro atoms. The van der Waals surface area contributed by atoms with Crippen molar-refractivity contribution < 1.29 is 55.2 Å². The van der Waals surface area contributed by atoms with Crippen LogP contribution in [-0.2, 0) is 14.2 Å². The number of alkyl halides is 3. The summed E-state index contributed by atoms with van der Waals surface area (Å²) in [6, 6.07) is 0.162. The number of carbonyl (C=O) groups is 2. The summed E-state index contributed by atoms with van der Waals surface area (Å²) in [5.74, 6) is -4.51. The highest BCUT2D eigenvalue weighted by atomic mass is 19.4. The van der Waals surface area contributed by atoms with Crippen LogP contribution in [0, 0.1) is 18.6 Å². The lowest BCUT2D eigenvalue weighted by Gasteiger charge is -2.53. The van der Waals surface area contributed by atoms with Gasteiger partial charge in [0, 0.05) is 36.4 Å². The molecule has 18 heteroatoms. The number of pyridine rings is 2. The van der Waals surface area contributed by atoms with Gasteiger partial charge in [-0.15, -0.1) is 13.2 Å². The van der Waals surface area contributed by atoms with E-state index in [9.17, 15) is 27.6 Å². The lowest BCUT2D eigenvalue weighted by Crippen LogP contribution is -2.71. The molecule has 294 valence electrons. The van der Waals surface area contributed by atoms with E-state index in [0.717, 1.165) is 6.07 Å². The van der Waals surface area contributed by atoms with Gasteiger partial charge in [0.25, 0.3) is 5.56 Å². The molecule has 3 aromatic rings. The van der Waals surface area contributed by atoms with Gasteiger partial charge < -0.3 is 33.6 Å². The van der Waals surface area contributed by atoms with Crippen molar-refractivity contribution in [3.8, 4) is 22.9 Å². The summed E-state index contributed by atoms with van der Waals surface area (Å²) in [6.07, 6.45) is -6.94. The maximum atomic E-state index is 17.1. The van der Waals surface area contributed by atoms with Crippen molar-refractivity contribution in [2.24, 2.45) is 0 Å².